The van der Waals surface area contributed by atoms with Gasteiger partial charge in [0.1, 0.15) is 5.82 Å². The standard InChI is InChI=1S/C15H23N3O/c1-10-5-4-6-13(7-10)18-15(19)12-8-11(2)17-14(9-12)16-3/h8-10,13H,4-7H2,1-3H3,(H,16,17)(H,18,19). The molecule has 1 fully saturated rings. The van der Waals surface area contributed by atoms with E-state index >= 15 is 0 Å². The second kappa shape index (κ2) is 6.04. The van der Waals surface area contributed by atoms with E-state index in [2.05, 4.69) is 22.5 Å². The average molecular weight is 261 g/mol. The topological polar surface area (TPSA) is 54.0 Å². The van der Waals surface area contributed by atoms with Gasteiger partial charge in [-0.05, 0) is 37.8 Å². The van der Waals surface area contributed by atoms with E-state index < -0.39 is 0 Å². The molecule has 2 atom stereocenters. The number of pyridine rings is 1. The summed E-state index contributed by atoms with van der Waals surface area (Å²) in [4.78, 5) is 16.6. The van der Waals surface area contributed by atoms with Crippen molar-refractivity contribution in [2.45, 2.75) is 45.6 Å². The van der Waals surface area contributed by atoms with E-state index in [1.807, 2.05) is 20.0 Å². The first-order valence-electron chi connectivity index (χ1n) is 7.06. The molecular formula is C15H23N3O. The zero-order valence-corrected chi connectivity index (χ0v) is 12.0. The normalized spacial score (nSPS) is 22.9. The molecule has 2 N–H and O–H groups in total. The molecule has 1 amide bonds. The quantitative estimate of drug-likeness (QED) is 0.879. The van der Waals surface area contributed by atoms with Crippen molar-refractivity contribution in [3.63, 3.8) is 0 Å². The number of hydrogen-bond donors (Lipinski definition) is 2. The number of hydrogen-bond acceptors (Lipinski definition) is 3. The molecule has 1 heterocycles. The van der Waals surface area contributed by atoms with Crippen molar-refractivity contribution in [3.8, 4) is 0 Å². The van der Waals surface area contributed by atoms with Gasteiger partial charge in [-0.2, -0.15) is 0 Å². The summed E-state index contributed by atoms with van der Waals surface area (Å²) < 4.78 is 0. The van der Waals surface area contributed by atoms with Crippen LogP contribution in [0.2, 0.25) is 0 Å². The number of carbonyl (C=O) groups excluding carboxylic acids is 1. The van der Waals surface area contributed by atoms with Gasteiger partial charge in [0.25, 0.3) is 5.91 Å². The van der Waals surface area contributed by atoms with Crippen LogP contribution in [0.5, 0.6) is 0 Å². The van der Waals surface area contributed by atoms with E-state index in [-0.39, 0.29) is 5.91 Å². The summed E-state index contributed by atoms with van der Waals surface area (Å²) >= 11 is 0. The molecule has 1 saturated carbocycles. The number of aryl methyl sites for hydroxylation is 1. The molecule has 1 aromatic heterocycles. The van der Waals surface area contributed by atoms with Gasteiger partial charge in [-0.3, -0.25) is 4.79 Å². The molecule has 1 aliphatic carbocycles. The Morgan fingerprint density at radius 3 is 2.84 bits per heavy atom. The van der Waals surface area contributed by atoms with Crippen LogP contribution in [-0.2, 0) is 0 Å². The SMILES string of the molecule is CNc1cc(C(=O)NC2CCCC(C)C2)cc(C)n1. The summed E-state index contributed by atoms with van der Waals surface area (Å²) in [5.41, 5.74) is 1.55. The monoisotopic (exact) mass is 261 g/mol. The van der Waals surface area contributed by atoms with Crippen LogP contribution in [0.3, 0.4) is 0 Å². The third kappa shape index (κ3) is 3.69. The number of nitrogens with one attached hydrogen (secondary N) is 2. The predicted octanol–water partition coefficient (Wildman–Crippen LogP) is 2.74. The maximum Gasteiger partial charge on any atom is 0.251 e. The van der Waals surface area contributed by atoms with E-state index in [9.17, 15) is 4.79 Å². The molecule has 1 aromatic rings. The predicted molar refractivity (Wildman–Crippen MR) is 77.4 cm³/mol. The number of amides is 1. The zero-order chi connectivity index (χ0) is 13.8. The Balaban J connectivity index is 2.05. The van der Waals surface area contributed by atoms with E-state index in [0.29, 0.717) is 17.5 Å². The molecule has 4 nitrogen and oxygen atoms in total. The number of nitrogens with zero attached hydrogens (tertiary/aromatic N) is 1. The number of anilines is 1. The van der Waals surface area contributed by atoms with Crippen LogP contribution >= 0.6 is 0 Å². The molecular weight excluding hydrogens is 238 g/mol. The summed E-state index contributed by atoms with van der Waals surface area (Å²) in [6.45, 7) is 4.16. The lowest BCUT2D eigenvalue weighted by Gasteiger charge is -2.27. The molecule has 0 saturated heterocycles. The van der Waals surface area contributed by atoms with Crippen LogP contribution in [0.4, 0.5) is 5.82 Å². The summed E-state index contributed by atoms with van der Waals surface area (Å²) in [6.07, 6.45) is 4.68. The average Bonchev–Trinajstić information content (AvgIpc) is 2.38. The van der Waals surface area contributed by atoms with Crippen molar-refractivity contribution < 1.29 is 4.79 Å². The highest BCUT2D eigenvalue weighted by atomic mass is 16.1. The van der Waals surface area contributed by atoms with E-state index in [4.69, 9.17) is 0 Å². The van der Waals surface area contributed by atoms with Gasteiger partial charge >= 0.3 is 0 Å². The lowest BCUT2D eigenvalue weighted by Crippen LogP contribution is -2.38. The molecule has 19 heavy (non-hydrogen) atoms. The highest BCUT2D eigenvalue weighted by Crippen LogP contribution is 2.23. The molecule has 0 spiro atoms. The third-order valence-electron chi connectivity index (χ3n) is 3.74. The van der Waals surface area contributed by atoms with Gasteiger partial charge in [0, 0.05) is 24.3 Å². The first-order valence-corrected chi connectivity index (χ1v) is 7.06. The molecule has 4 heteroatoms. The fraction of sp³-hybridized carbons (Fsp3) is 0.600. The largest absolute Gasteiger partial charge is 0.373 e. The molecule has 104 valence electrons. The lowest BCUT2D eigenvalue weighted by molar-refractivity contribution is 0.0921. The van der Waals surface area contributed by atoms with Gasteiger partial charge in [0.2, 0.25) is 0 Å². The Bertz CT molecular complexity index is 459. The highest BCUT2D eigenvalue weighted by molar-refractivity contribution is 5.95. The Labute approximate surface area is 115 Å². The maximum atomic E-state index is 12.3. The summed E-state index contributed by atoms with van der Waals surface area (Å²) in [5, 5.41) is 6.13. The molecule has 0 aliphatic heterocycles. The molecule has 2 unspecified atom stereocenters. The van der Waals surface area contributed by atoms with Gasteiger partial charge in [0.15, 0.2) is 0 Å². The fourth-order valence-electron chi connectivity index (χ4n) is 2.76. The van der Waals surface area contributed by atoms with Crippen LogP contribution in [0.15, 0.2) is 12.1 Å². The molecule has 1 aliphatic rings. The van der Waals surface area contributed by atoms with Crippen molar-refractivity contribution in [2.24, 2.45) is 5.92 Å². The van der Waals surface area contributed by atoms with Crippen molar-refractivity contribution >= 4 is 11.7 Å². The van der Waals surface area contributed by atoms with Crippen LogP contribution in [-0.4, -0.2) is 24.0 Å². The number of carbonyl (C=O) groups is 1. The smallest absolute Gasteiger partial charge is 0.251 e. The molecule has 0 aromatic carbocycles. The highest BCUT2D eigenvalue weighted by Gasteiger charge is 2.21. The van der Waals surface area contributed by atoms with Gasteiger partial charge in [-0.15, -0.1) is 0 Å². The van der Waals surface area contributed by atoms with Crippen molar-refractivity contribution in [1.82, 2.24) is 10.3 Å². The number of rotatable bonds is 3. The van der Waals surface area contributed by atoms with Crippen molar-refractivity contribution in [3.05, 3.63) is 23.4 Å². The van der Waals surface area contributed by atoms with E-state index in [1.54, 1.807) is 6.07 Å². The first-order chi connectivity index (χ1) is 9.08. The second-order valence-electron chi connectivity index (χ2n) is 5.57. The Morgan fingerprint density at radius 1 is 1.37 bits per heavy atom. The minimum atomic E-state index is 0.0149. The van der Waals surface area contributed by atoms with Gasteiger partial charge in [-0.25, -0.2) is 4.98 Å². The Morgan fingerprint density at radius 2 is 2.16 bits per heavy atom. The molecule has 2 rings (SSSR count). The van der Waals surface area contributed by atoms with Gasteiger partial charge in [-0.1, -0.05) is 19.8 Å². The Hall–Kier alpha value is -1.58. The summed E-state index contributed by atoms with van der Waals surface area (Å²) in [6, 6.07) is 3.96. The summed E-state index contributed by atoms with van der Waals surface area (Å²) in [5.74, 6) is 1.47. The maximum absolute atomic E-state index is 12.3. The van der Waals surface area contributed by atoms with Gasteiger partial charge in [0.05, 0.1) is 0 Å². The van der Waals surface area contributed by atoms with Crippen molar-refractivity contribution in [1.29, 1.82) is 0 Å². The molecule has 0 radical (unpaired) electrons. The lowest BCUT2D eigenvalue weighted by atomic mass is 9.87. The Kier molecular flexibility index (Phi) is 4.40. The second-order valence-corrected chi connectivity index (χ2v) is 5.57. The zero-order valence-electron chi connectivity index (χ0n) is 12.0. The summed E-state index contributed by atoms with van der Waals surface area (Å²) in [7, 11) is 1.81. The molecule has 0 bridgehead atoms. The first kappa shape index (κ1) is 13.8. The van der Waals surface area contributed by atoms with Crippen LogP contribution < -0.4 is 10.6 Å². The van der Waals surface area contributed by atoms with Crippen LogP contribution in [0.25, 0.3) is 0 Å². The van der Waals surface area contributed by atoms with Crippen LogP contribution in [0.1, 0.15) is 48.7 Å². The minimum absolute atomic E-state index is 0.0149. The third-order valence-corrected chi connectivity index (χ3v) is 3.74. The van der Waals surface area contributed by atoms with Crippen LogP contribution in [0, 0.1) is 12.8 Å². The number of aromatic nitrogens is 1. The van der Waals surface area contributed by atoms with Crippen molar-refractivity contribution in [2.75, 3.05) is 12.4 Å². The van der Waals surface area contributed by atoms with Gasteiger partial charge < -0.3 is 10.6 Å². The van der Waals surface area contributed by atoms with E-state index in [1.165, 1.54) is 12.8 Å². The minimum Gasteiger partial charge on any atom is -0.373 e. The van der Waals surface area contributed by atoms with E-state index in [0.717, 1.165) is 24.4 Å². The fourth-order valence-corrected chi connectivity index (χ4v) is 2.76.